The molecule has 0 atom stereocenters. The van der Waals surface area contributed by atoms with Crippen LogP contribution < -0.4 is 10.2 Å². The van der Waals surface area contributed by atoms with E-state index in [2.05, 4.69) is 5.32 Å². The molecule has 2 aromatic rings. The minimum absolute atomic E-state index is 0.0839. The number of rotatable bonds is 8. The first-order valence-electron chi connectivity index (χ1n) is 10.1. The van der Waals surface area contributed by atoms with Gasteiger partial charge in [0, 0.05) is 30.2 Å². The number of carbonyl (C=O) groups excluding carboxylic acids is 3. The van der Waals surface area contributed by atoms with Crippen molar-refractivity contribution in [1.29, 1.82) is 0 Å². The van der Waals surface area contributed by atoms with E-state index in [0.717, 1.165) is 23.2 Å². The first-order valence-corrected chi connectivity index (χ1v) is 10.5. The Hall–Kier alpha value is -2.86. The molecule has 0 radical (unpaired) electrons. The summed E-state index contributed by atoms with van der Waals surface area (Å²) in [6.45, 7) is 3.11. The van der Waals surface area contributed by atoms with Crippen molar-refractivity contribution in [1.82, 2.24) is 5.32 Å². The van der Waals surface area contributed by atoms with E-state index >= 15 is 0 Å². The Morgan fingerprint density at radius 3 is 2.73 bits per heavy atom. The molecule has 0 saturated carbocycles. The highest BCUT2D eigenvalue weighted by atomic mass is 35.5. The summed E-state index contributed by atoms with van der Waals surface area (Å²) in [4.78, 5) is 38.0. The van der Waals surface area contributed by atoms with E-state index in [1.165, 1.54) is 0 Å². The second-order valence-electron chi connectivity index (χ2n) is 7.10. The molecule has 1 aliphatic rings. The Labute approximate surface area is 181 Å². The molecule has 2 aromatic carbocycles. The van der Waals surface area contributed by atoms with Gasteiger partial charge in [0.05, 0.1) is 18.6 Å². The summed E-state index contributed by atoms with van der Waals surface area (Å²) in [6, 6.07) is 12.5. The zero-order valence-corrected chi connectivity index (χ0v) is 17.7. The topological polar surface area (TPSA) is 75.7 Å². The molecule has 3 rings (SSSR count). The SMILES string of the molecule is CCC(=O)N1CCc2cc(C(=O)OCCCNC(=O)Cc3ccccc3Cl)ccc21. The number of amides is 2. The number of anilines is 1. The zero-order valence-electron chi connectivity index (χ0n) is 16.9. The van der Waals surface area contributed by atoms with E-state index in [9.17, 15) is 14.4 Å². The van der Waals surface area contributed by atoms with Gasteiger partial charge in [-0.25, -0.2) is 4.79 Å². The number of benzene rings is 2. The van der Waals surface area contributed by atoms with E-state index in [1.54, 1.807) is 29.2 Å². The second-order valence-corrected chi connectivity index (χ2v) is 7.51. The van der Waals surface area contributed by atoms with E-state index in [0.29, 0.717) is 36.5 Å². The van der Waals surface area contributed by atoms with Crippen molar-refractivity contribution in [2.24, 2.45) is 0 Å². The Balaban J connectivity index is 1.41. The van der Waals surface area contributed by atoms with E-state index in [4.69, 9.17) is 16.3 Å². The van der Waals surface area contributed by atoms with Gasteiger partial charge in [-0.3, -0.25) is 9.59 Å². The fourth-order valence-corrected chi connectivity index (χ4v) is 3.61. The second kappa shape index (κ2) is 10.3. The molecule has 158 valence electrons. The highest BCUT2D eigenvalue weighted by Crippen LogP contribution is 2.29. The molecule has 0 saturated heterocycles. The normalized spacial score (nSPS) is 12.4. The van der Waals surface area contributed by atoms with Gasteiger partial charge in [-0.15, -0.1) is 0 Å². The van der Waals surface area contributed by atoms with Crippen molar-refractivity contribution in [3.05, 3.63) is 64.2 Å². The summed E-state index contributed by atoms with van der Waals surface area (Å²) in [7, 11) is 0. The van der Waals surface area contributed by atoms with Crippen molar-refractivity contribution in [2.75, 3.05) is 24.6 Å². The lowest BCUT2D eigenvalue weighted by atomic mass is 10.1. The van der Waals surface area contributed by atoms with Gasteiger partial charge in [-0.1, -0.05) is 36.7 Å². The average Bonchev–Trinajstić information content (AvgIpc) is 3.17. The quantitative estimate of drug-likeness (QED) is 0.515. The van der Waals surface area contributed by atoms with Crippen molar-refractivity contribution in [3.63, 3.8) is 0 Å². The third kappa shape index (κ3) is 5.39. The van der Waals surface area contributed by atoms with Crippen molar-refractivity contribution >= 4 is 35.1 Å². The molecular formula is C23H25ClN2O4. The summed E-state index contributed by atoms with van der Waals surface area (Å²) in [5, 5.41) is 3.37. The third-order valence-corrected chi connectivity index (χ3v) is 5.37. The fraction of sp³-hybridized carbons (Fsp3) is 0.348. The lowest BCUT2D eigenvalue weighted by Crippen LogP contribution is -2.27. The van der Waals surface area contributed by atoms with E-state index < -0.39 is 5.97 Å². The maximum Gasteiger partial charge on any atom is 0.338 e. The number of ether oxygens (including phenoxy) is 1. The molecule has 2 amide bonds. The van der Waals surface area contributed by atoms with E-state index in [1.807, 2.05) is 25.1 Å². The minimum atomic E-state index is -0.402. The maximum atomic E-state index is 12.3. The van der Waals surface area contributed by atoms with Crippen molar-refractivity contribution in [2.45, 2.75) is 32.6 Å². The van der Waals surface area contributed by atoms with Crippen molar-refractivity contribution < 1.29 is 19.1 Å². The highest BCUT2D eigenvalue weighted by molar-refractivity contribution is 6.31. The van der Waals surface area contributed by atoms with Crippen molar-refractivity contribution in [3.8, 4) is 0 Å². The highest BCUT2D eigenvalue weighted by Gasteiger charge is 2.24. The number of nitrogens with one attached hydrogen (secondary N) is 1. The molecular weight excluding hydrogens is 404 g/mol. The first-order chi connectivity index (χ1) is 14.5. The molecule has 7 heteroatoms. The number of esters is 1. The summed E-state index contributed by atoms with van der Waals surface area (Å²) in [6.07, 6.45) is 1.92. The van der Waals surface area contributed by atoms with Crippen LogP contribution in [0.5, 0.6) is 0 Å². The van der Waals surface area contributed by atoms with Crippen LogP contribution in [0.4, 0.5) is 5.69 Å². The van der Waals surface area contributed by atoms with Crippen LogP contribution >= 0.6 is 11.6 Å². The number of fused-ring (bicyclic) bond motifs is 1. The van der Waals surface area contributed by atoms with Crippen LogP contribution in [0.3, 0.4) is 0 Å². The average molecular weight is 429 g/mol. The Kier molecular flexibility index (Phi) is 7.46. The number of nitrogens with zero attached hydrogens (tertiary/aromatic N) is 1. The molecule has 1 heterocycles. The number of carbonyl (C=O) groups is 3. The molecule has 0 aromatic heterocycles. The van der Waals surface area contributed by atoms with Crippen LogP contribution in [0.25, 0.3) is 0 Å². The Bertz CT molecular complexity index is 945. The fourth-order valence-electron chi connectivity index (χ4n) is 3.40. The zero-order chi connectivity index (χ0) is 21.5. The summed E-state index contributed by atoms with van der Waals surface area (Å²) >= 11 is 6.05. The van der Waals surface area contributed by atoms with Gasteiger partial charge in [0.25, 0.3) is 0 Å². The van der Waals surface area contributed by atoms with Gasteiger partial charge in [0.1, 0.15) is 0 Å². The van der Waals surface area contributed by atoms with Gasteiger partial charge < -0.3 is 15.0 Å². The molecule has 0 fully saturated rings. The first kappa shape index (κ1) is 21.8. The lowest BCUT2D eigenvalue weighted by molar-refractivity contribution is -0.120. The van der Waals surface area contributed by atoms with E-state index in [-0.39, 0.29) is 24.8 Å². The largest absolute Gasteiger partial charge is 0.462 e. The van der Waals surface area contributed by atoms with Crippen LogP contribution in [-0.4, -0.2) is 37.5 Å². The molecule has 0 unspecified atom stereocenters. The number of hydrogen-bond acceptors (Lipinski definition) is 4. The molecule has 0 spiro atoms. The number of hydrogen-bond donors (Lipinski definition) is 1. The summed E-state index contributed by atoms with van der Waals surface area (Å²) in [5.41, 5.74) is 3.11. The predicted molar refractivity (Wildman–Crippen MR) is 116 cm³/mol. The predicted octanol–water partition coefficient (Wildman–Crippen LogP) is 3.54. The summed E-state index contributed by atoms with van der Waals surface area (Å²) < 4.78 is 5.31. The molecule has 1 aliphatic heterocycles. The van der Waals surface area contributed by atoms with Crippen LogP contribution in [0, 0.1) is 0 Å². The lowest BCUT2D eigenvalue weighted by Gasteiger charge is -2.16. The van der Waals surface area contributed by atoms with Gasteiger partial charge in [-0.2, -0.15) is 0 Å². The van der Waals surface area contributed by atoms with Crippen LogP contribution in [0.1, 0.15) is 41.3 Å². The molecule has 0 bridgehead atoms. The van der Waals surface area contributed by atoms with Crippen LogP contribution in [0.2, 0.25) is 5.02 Å². The molecule has 6 nitrogen and oxygen atoms in total. The maximum absolute atomic E-state index is 12.3. The third-order valence-electron chi connectivity index (χ3n) is 5.00. The molecule has 0 aliphatic carbocycles. The van der Waals surface area contributed by atoms with Gasteiger partial charge in [-0.05, 0) is 48.2 Å². The van der Waals surface area contributed by atoms with Gasteiger partial charge in [0.15, 0.2) is 0 Å². The standard InChI is InChI=1S/C23H25ClN2O4/c1-2-22(28)26-12-10-17-14-18(8-9-20(17)26)23(29)30-13-5-11-25-21(27)15-16-6-3-4-7-19(16)24/h3-4,6-9,14H,2,5,10-13,15H2,1H3,(H,25,27). The number of halogens is 1. The monoisotopic (exact) mass is 428 g/mol. The van der Waals surface area contributed by atoms with Gasteiger partial charge in [0.2, 0.25) is 11.8 Å². The molecule has 30 heavy (non-hydrogen) atoms. The van der Waals surface area contributed by atoms with Gasteiger partial charge >= 0.3 is 5.97 Å². The Morgan fingerprint density at radius 2 is 1.97 bits per heavy atom. The van der Waals surface area contributed by atoms with Crippen LogP contribution in [-0.2, 0) is 27.2 Å². The van der Waals surface area contributed by atoms with Crippen LogP contribution in [0.15, 0.2) is 42.5 Å². The minimum Gasteiger partial charge on any atom is -0.462 e. The Morgan fingerprint density at radius 1 is 1.17 bits per heavy atom. The summed E-state index contributed by atoms with van der Waals surface area (Å²) in [5.74, 6) is -0.444. The molecule has 1 N–H and O–H groups in total. The smallest absolute Gasteiger partial charge is 0.338 e.